The molecule has 0 spiro atoms. The van der Waals surface area contributed by atoms with Crippen molar-refractivity contribution in [1.82, 2.24) is 25.1 Å². The predicted molar refractivity (Wildman–Crippen MR) is 98.1 cm³/mol. The number of rotatable bonds is 5. The van der Waals surface area contributed by atoms with Gasteiger partial charge in [-0.2, -0.15) is 4.80 Å². The van der Waals surface area contributed by atoms with E-state index < -0.39 is 6.04 Å². The number of tetrazole rings is 1. The Bertz CT molecular complexity index is 689. The van der Waals surface area contributed by atoms with Crippen LogP contribution in [0, 0.1) is 11.8 Å². The molecule has 0 saturated carbocycles. The summed E-state index contributed by atoms with van der Waals surface area (Å²) < 4.78 is 0. The number of halogens is 1. The Morgan fingerprint density at radius 2 is 2.04 bits per heavy atom. The lowest BCUT2D eigenvalue weighted by molar-refractivity contribution is -0.136. The van der Waals surface area contributed by atoms with Crippen molar-refractivity contribution in [2.45, 2.75) is 26.3 Å². The molecule has 1 aromatic carbocycles. The van der Waals surface area contributed by atoms with Crippen LogP contribution in [0.25, 0.3) is 11.4 Å². The van der Waals surface area contributed by atoms with Gasteiger partial charge < -0.3 is 10.6 Å². The van der Waals surface area contributed by atoms with Crippen molar-refractivity contribution in [3.05, 3.63) is 30.3 Å². The summed E-state index contributed by atoms with van der Waals surface area (Å²) in [4.78, 5) is 16.3. The van der Waals surface area contributed by atoms with Gasteiger partial charge in [0.15, 0.2) is 6.04 Å². The van der Waals surface area contributed by atoms with Gasteiger partial charge in [0.25, 0.3) is 0 Å². The van der Waals surface area contributed by atoms with Gasteiger partial charge in [-0.1, -0.05) is 44.2 Å². The smallest absolute Gasteiger partial charge is 0.249 e. The number of likely N-dealkylation sites (tertiary alicyclic amines) is 1. The first-order chi connectivity index (χ1) is 11.6. The predicted octanol–water partition coefficient (Wildman–Crippen LogP) is 1.77. The summed E-state index contributed by atoms with van der Waals surface area (Å²) in [5.41, 5.74) is 6.62. The Labute approximate surface area is 154 Å². The quantitative estimate of drug-likeness (QED) is 0.873. The molecule has 1 aliphatic rings. The second-order valence-corrected chi connectivity index (χ2v) is 6.66. The first kappa shape index (κ1) is 19.3. The molecule has 0 radical (unpaired) electrons. The van der Waals surface area contributed by atoms with Crippen LogP contribution in [0.4, 0.5) is 0 Å². The van der Waals surface area contributed by atoms with Crippen molar-refractivity contribution < 1.29 is 4.79 Å². The highest BCUT2D eigenvalue weighted by molar-refractivity contribution is 5.85. The van der Waals surface area contributed by atoms with Crippen LogP contribution in [-0.2, 0) is 4.79 Å². The van der Waals surface area contributed by atoms with Gasteiger partial charge in [-0.15, -0.1) is 22.6 Å². The molecule has 25 heavy (non-hydrogen) atoms. The standard InChI is InChI=1S/C17H24N6O.ClH/c1-12(2)15(17(24)22-9-8-13(10-18)11-22)23-20-16(19-21-23)14-6-4-3-5-7-14;/h3-7,12-13,15H,8-11,18H2,1-2H3;1H. The lowest BCUT2D eigenvalue weighted by atomic mass is 10.0. The minimum atomic E-state index is -0.438. The van der Waals surface area contributed by atoms with E-state index >= 15 is 0 Å². The van der Waals surface area contributed by atoms with E-state index in [-0.39, 0.29) is 24.2 Å². The first-order valence-electron chi connectivity index (χ1n) is 8.44. The van der Waals surface area contributed by atoms with Crippen LogP contribution in [0.15, 0.2) is 30.3 Å². The minimum absolute atomic E-state index is 0. The molecule has 0 bridgehead atoms. The second-order valence-electron chi connectivity index (χ2n) is 6.66. The molecule has 2 atom stereocenters. The van der Waals surface area contributed by atoms with E-state index in [9.17, 15) is 4.79 Å². The molecule has 2 unspecified atom stereocenters. The van der Waals surface area contributed by atoms with Crippen LogP contribution in [-0.4, -0.2) is 50.6 Å². The average Bonchev–Trinajstić information content (AvgIpc) is 3.25. The summed E-state index contributed by atoms with van der Waals surface area (Å²) in [7, 11) is 0. The Balaban J connectivity index is 0.00000225. The lowest BCUT2D eigenvalue weighted by Gasteiger charge is -2.25. The van der Waals surface area contributed by atoms with Crippen molar-refractivity contribution in [3.63, 3.8) is 0 Å². The Morgan fingerprint density at radius 1 is 1.32 bits per heavy atom. The van der Waals surface area contributed by atoms with E-state index in [0.717, 1.165) is 25.1 Å². The highest BCUT2D eigenvalue weighted by Crippen LogP contribution is 2.24. The molecule has 1 amide bonds. The summed E-state index contributed by atoms with van der Waals surface area (Å²) in [5, 5.41) is 12.7. The number of nitrogens with two attached hydrogens (primary N) is 1. The third kappa shape index (κ3) is 4.16. The maximum absolute atomic E-state index is 13.0. The summed E-state index contributed by atoms with van der Waals surface area (Å²) >= 11 is 0. The topological polar surface area (TPSA) is 89.9 Å². The van der Waals surface area contributed by atoms with Crippen molar-refractivity contribution in [1.29, 1.82) is 0 Å². The third-order valence-corrected chi connectivity index (χ3v) is 4.52. The summed E-state index contributed by atoms with van der Waals surface area (Å²) in [6.45, 7) is 6.11. The number of benzene rings is 1. The largest absolute Gasteiger partial charge is 0.340 e. The molecule has 8 heteroatoms. The number of carbonyl (C=O) groups is 1. The van der Waals surface area contributed by atoms with Crippen LogP contribution in [0.5, 0.6) is 0 Å². The van der Waals surface area contributed by atoms with Gasteiger partial charge in [-0.25, -0.2) is 0 Å². The molecular formula is C17H25ClN6O. The molecule has 2 aromatic rings. The Morgan fingerprint density at radius 3 is 2.64 bits per heavy atom. The molecule has 3 rings (SSSR count). The maximum Gasteiger partial charge on any atom is 0.249 e. The van der Waals surface area contributed by atoms with Crippen molar-refractivity contribution in [2.24, 2.45) is 17.6 Å². The number of carbonyl (C=O) groups excluding carboxylic acids is 1. The molecule has 7 nitrogen and oxygen atoms in total. The van der Waals surface area contributed by atoms with E-state index in [1.54, 1.807) is 0 Å². The van der Waals surface area contributed by atoms with Crippen LogP contribution < -0.4 is 5.73 Å². The molecule has 136 valence electrons. The molecule has 1 aromatic heterocycles. The molecule has 1 aliphatic heterocycles. The number of aromatic nitrogens is 4. The Hall–Kier alpha value is -1.99. The molecule has 2 N–H and O–H groups in total. The fourth-order valence-corrected chi connectivity index (χ4v) is 3.11. The molecular weight excluding hydrogens is 340 g/mol. The van der Waals surface area contributed by atoms with Crippen LogP contribution in [0.1, 0.15) is 26.3 Å². The van der Waals surface area contributed by atoms with Gasteiger partial charge in [0, 0.05) is 18.7 Å². The molecule has 0 aliphatic carbocycles. The number of hydrogen-bond donors (Lipinski definition) is 1. The van der Waals surface area contributed by atoms with Crippen molar-refractivity contribution >= 4 is 18.3 Å². The average molecular weight is 365 g/mol. The van der Waals surface area contributed by atoms with Crippen molar-refractivity contribution in [2.75, 3.05) is 19.6 Å². The van der Waals surface area contributed by atoms with Crippen LogP contribution in [0.2, 0.25) is 0 Å². The fraction of sp³-hybridized carbons (Fsp3) is 0.529. The van der Waals surface area contributed by atoms with Gasteiger partial charge in [-0.05, 0) is 30.0 Å². The third-order valence-electron chi connectivity index (χ3n) is 4.52. The Kier molecular flexibility index (Phi) is 6.50. The zero-order valence-electron chi connectivity index (χ0n) is 14.6. The van der Waals surface area contributed by atoms with E-state index in [4.69, 9.17) is 5.73 Å². The van der Waals surface area contributed by atoms with Crippen LogP contribution >= 0.6 is 12.4 Å². The molecule has 1 fully saturated rings. The number of amides is 1. The molecule has 1 saturated heterocycles. The van der Waals surface area contributed by atoms with E-state index in [1.165, 1.54) is 4.80 Å². The zero-order valence-corrected chi connectivity index (χ0v) is 15.4. The zero-order chi connectivity index (χ0) is 17.1. The van der Waals surface area contributed by atoms with Gasteiger partial charge in [0.05, 0.1) is 0 Å². The van der Waals surface area contributed by atoms with Gasteiger partial charge in [-0.3, -0.25) is 4.79 Å². The molecule has 2 heterocycles. The number of nitrogens with zero attached hydrogens (tertiary/aromatic N) is 5. The monoisotopic (exact) mass is 364 g/mol. The van der Waals surface area contributed by atoms with Crippen molar-refractivity contribution in [3.8, 4) is 11.4 Å². The van der Waals surface area contributed by atoms with E-state index in [1.807, 2.05) is 49.1 Å². The normalized spacial score (nSPS) is 18.2. The van der Waals surface area contributed by atoms with Gasteiger partial charge >= 0.3 is 0 Å². The summed E-state index contributed by atoms with van der Waals surface area (Å²) in [5.74, 6) is 1.06. The SMILES string of the molecule is CC(C)C(C(=O)N1CCC(CN)C1)n1nnc(-c2ccccc2)n1.Cl. The summed E-state index contributed by atoms with van der Waals surface area (Å²) in [6, 6.07) is 9.22. The number of hydrogen-bond acceptors (Lipinski definition) is 5. The van der Waals surface area contributed by atoms with Crippen LogP contribution in [0.3, 0.4) is 0 Å². The minimum Gasteiger partial charge on any atom is -0.340 e. The first-order valence-corrected chi connectivity index (χ1v) is 8.44. The second kappa shape index (κ2) is 8.40. The highest BCUT2D eigenvalue weighted by atomic mass is 35.5. The summed E-state index contributed by atoms with van der Waals surface area (Å²) in [6.07, 6.45) is 0.965. The lowest BCUT2D eigenvalue weighted by Crippen LogP contribution is -2.39. The maximum atomic E-state index is 13.0. The fourth-order valence-electron chi connectivity index (χ4n) is 3.11. The van der Waals surface area contributed by atoms with E-state index in [2.05, 4.69) is 15.4 Å². The van der Waals surface area contributed by atoms with E-state index in [0.29, 0.717) is 18.3 Å². The highest BCUT2D eigenvalue weighted by Gasteiger charge is 2.34. The van der Waals surface area contributed by atoms with Gasteiger partial charge in [0.2, 0.25) is 11.7 Å². The van der Waals surface area contributed by atoms with Gasteiger partial charge in [0.1, 0.15) is 0 Å².